The second kappa shape index (κ2) is 6.87. The molecule has 1 amide bonds. The van der Waals surface area contributed by atoms with Crippen LogP contribution in [0.2, 0.25) is 0 Å². The molecule has 0 aliphatic heterocycles. The van der Waals surface area contributed by atoms with E-state index in [1.807, 2.05) is 6.07 Å². The summed E-state index contributed by atoms with van der Waals surface area (Å²) in [6, 6.07) is 12.1. The number of carboxylic acid groups (broad SMARTS) is 1. The molecular formula is C15H11Br2NO3. The van der Waals surface area contributed by atoms with Gasteiger partial charge in [-0.3, -0.25) is 9.59 Å². The summed E-state index contributed by atoms with van der Waals surface area (Å²) < 4.78 is 1.45. The van der Waals surface area contributed by atoms with Crippen molar-refractivity contribution < 1.29 is 14.7 Å². The molecule has 2 rings (SSSR count). The van der Waals surface area contributed by atoms with Gasteiger partial charge in [-0.15, -0.1) is 0 Å². The Bertz CT molecular complexity index is 701. The first kappa shape index (κ1) is 15.7. The Morgan fingerprint density at radius 1 is 1.10 bits per heavy atom. The molecular weight excluding hydrogens is 402 g/mol. The zero-order valence-electron chi connectivity index (χ0n) is 10.8. The molecule has 0 aliphatic carbocycles. The lowest BCUT2D eigenvalue weighted by Crippen LogP contribution is -2.15. The van der Waals surface area contributed by atoms with Crippen molar-refractivity contribution in [1.29, 1.82) is 0 Å². The van der Waals surface area contributed by atoms with Gasteiger partial charge >= 0.3 is 5.97 Å². The minimum atomic E-state index is -0.944. The first-order valence-electron chi connectivity index (χ1n) is 6.03. The number of carbonyl (C=O) groups is 2. The number of halogens is 2. The van der Waals surface area contributed by atoms with Crippen LogP contribution in [-0.4, -0.2) is 17.0 Å². The van der Waals surface area contributed by atoms with E-state index in [1.54, 1.807) is 36.4 Å². The van der Waals surface area contributed by atoms with E-state index in [1.165, 1.54) is 0 Å². The predicted molar refractivity (Wildman–Crippen MR) is 87.6 cm³/mol. The Hall–Kier alpha value is -1.66. The van der Waals surface area contributed by atoms with Crippen LogP contribution in [0.25, 0.3) is 0 Å². The maximum Gasteiger partial charge on any atom is 0.307 e. The third kappa shape index (κ3) is 4.15. The maximum absolute atomic E-state index is 12.3. The van der Waals surface area contributed by atoms with Crippen LogP contribution >= 0.6 is 31.9 Å². The van der Waals surface area contributed by atoms with Gasteiger partial charge in [-0.1, -0.05) is 34.1 Å². The van der Waals surface area contributed by atoms with Crippen molar-refractivity contribution in [3.05, 3.63) is 62.5 Å². The average Bonchev–Trinajstić information content (AvgIpc) is 2.43. The molecule has 2 aromatic carbocycles. The Morgan fingerprint density at radius 2 is 1.81 bits per heavy atom. The van der Waals surface area contributed by atoms with Crippen molar-refractivity contribution in [3.63, 3.8) is 0 Å². The molecule has 2 aromatic rings. The Balaban J connectivity index is 2.27. The van der Waals surface area contributed by atoms with Crippen molar-refractivity contribution in [1.82, 2.24) is 0 Å². The van der Waals surface area contributed by atoms with Crippen LogP contribution in [0.4, 0.5) is 5.69 Å². The summed E-state index contributed by atoms with van der Waals surface area (Å²) in [6.07, 6.45) is -0.143. The molecule has 0 saturated heterocycles. The normalized spacial score (nSPS) is 10.2. The lowest BCUT2D eigenvalue weighted by molar-refractivity contribution is -0.136. The predicted octanol–water partition coefficient (Wildman–Crippen LogP) is 4.09. The summed E-state index contributed by atoms with van der Waals surface area (Å²) in [5.41, 5.74) is 1.52. The number of amides is 1. The van der Waals surface area contributed by atoms with Gasteiger partial charge in [-0.2, -0.15) is 0 Å². The van der Waals surface area contributed by atoms with Crippen LogP contribution in [-0.2, 0) is 11.2 Å². The van der Waals surface area contributed by atoms with Gasteiger partial charge in [0, 0.05) is 14.6 Å². The standard InChI is InChI=1S/C15H11Br2NO3/c16-10-5-6-12(17)11(8-10)15(21)18-13-4-2-1-3-9(13)7-14(19)20/h1-6,8H,7H2,(H,18,21)(H,19,20). The molecule has 0 radical (unpaired) electrons. The van der Waals surface area contributed by atoms with Gasteiger partial charge in [-0.05, 0) is 45.8 Å². The van der Waals surface area contributed by atoms with E-state index in [4.69, 9.17) is 5.11 Å². The van der Waals surface area contributed by atoms with Gasteiger partial charge in [0.25, 0.3) is 5.91 Å². The molecule has 0 unspecified atom stereocenters. The van der Waals surface area contributed by atoms with Crippen LogP contribution in [0.3, 0.4) is 0 Å². The number of hydrogen-bond donors (Lipinski definition) is 2. The highest BCUT2D eigenvalue weighted by Crippen LogP contribution is 2.23. The highest BCUT2D eigenvalue weighted by Gasteiger charge is 2.13. The fraction of sp³-hybridized carbons (Fsp3) is 0.0667. The fourth-order valence-electron chi connectivity index (χ4n) is 1.82. The van der Waals surface area contributed by atoms with Gasteiger partial charge in [0.05, 0.1) is 12.0 Å². The molecule has 6 heteroatoms. The molecule has 4 nitrogen and oxygen atoms in total. The number of aliphatic carboxylic acids is 1. The van der Waals surface area contributed by atoms with Crippen molar-refractivity contribution >= 4 is 49.4 Å². The number of hydrogen-bond acceptors (Lipinski definition) is 2. The number of nitrogens with one attached hydrogen (secondary N) is 1. The van der Waals surface area contributed by atoms with Gasteiger partial charge in [0.1, 0.15) is 0 Å². The third-order valence-electron chi connectivity index (χ3n) is 2.78. The van der Waals surface area contributed by atoms with Crippen molar-refractivity contribution in [2.24, 2.45) is 0 Å². The Labute approximate surface area is 138 Å². The molecule has 108 valence electrons. The summed E-state index contributed by atoms with van der Waals surface area (Å²) in [5.74, 6) is -1.25. The molecule has 0 saturated carbocycles. The van der Waals surface area contributed by atoms with Crippen LogP contribution < -0.4 is 5.32 Å². The average molecular weight is 413 g/mol. The number of rotatable bonds is 4. The zero-order chi connectivity index (χ0) is 15.4. The second-order valence-corrected chi connectivity index (χ2v) is 6.08. The molecule has 2 N–H and O–H groups in total. The molecule has 0 fully saturated rings. The van der Waals surface area contributed by atoms with E-state index in [0.29, 0.717) is 21.3 Å². The van der Waals surface area contributed by atoms with E-state index < -0.39 is 5.97 Å². The van der Waals surface area contributed by atoms with Crippen molar-refractivity contribution in [3.8, 4) is 0 Å². The first-order chi connectivity index (χ1) is 9.97. The zero-order valence-corrected chi connectivity index (χ0v) is 13.9. The second-order valence-electron chi connectivity index (χ2n) is 4.31. The minimum Gasteiger partial charge on any atom is -0.481 e. The van der Waals surface area contributed by atoms with Crippen molar-refractivity contribution in [2.75, 3.05) is 5.32 Å². The SMILES string of the molecule is O=C(O)Cc1ccccc1NC(=O)c1cc(Br)ccc1Br. The highest BCUT2D eigenvalue weighted by atomic mass is 79.9. The Morgan fingerprint density at radius 3 is 2.52 bits per heavy atom. The molecule has 21 heavy (non-hydrogen) atoms. The largest absolute Gasteiger partial charge is 0.481 e. The molecule has 0 aromatic heterocycles. The summed E-state index contributed by atoms with van der Waals surface area (Å²) in [6.45, 7) is 0. The van der Waals surface area contributed by atoms with Gasteiger partial charge in [0.15, 0.2) is 0 Å². The fourth-order valence-corrected chi connectivity index (χ4v) is 2.61. The smallest absolute Gasteiger partial charge is 0.307 e. The number of anilines is 1. The molecule has 0 bridgehead atoms. The Kier molecular flexibility index (Phi) is 5.14. The third-order valence-corrected chi connectivity index (χ3v) is 3.97. The molecule has 0 atom stereocenters. The van der Waals surface area contributed by atoms with Gasteiger partial charge in [-0.25, -0.2) is 0 Å². The van der Waals surface area contributed by atoms with Crippen molar-refractivity contribution in [2.45, 2.75) is 6.42 Å². The number of carbonyl (C=O) groups excluding carboxylic acids is 1. The molecule has 0 spiro atoms. The minimum absolute atomic E-state index is 0.143. The van der Waals surface area contributed by atoms with Crippen LogP contribution in [0.1, 0.15) is 15.9 Å². The first-order valence-corrected chi connectivity index (χ1v) is 7.62. The van der Waals surface area contributed by atoms with Gasteiger partial charge < -0.3 is 10.4 Å². The summed E-state index contributed by atoms with van der Waals surface area (Å²) in [7, 11) is 0. The van der Waals surface area contributed by atoms with E-state index in [-0.39, 0.29) is 12.3 Å². The highest BCUT2D eigenvalue weighted by molar-refractivity contribution is 9.11. The number of para-hydroxylation sites is 1. The number of carboxylic acids is 1. The molecule has 0 heterocycles. The summed E-state index contributed by atoms with van der Waals surface area (Å²) >= 11 is 6.65. The van der Waals surface area contributed by atoms with Gasteiger partial charge in [0.2, 0.25) is 0 Å². The van der Waals surface area contributed by atoms with E-state index in [2.05, 4.69) is 37.2 Å². The van der Waals surface area contributed by atoms with Crippen LogP contribution in [0.15, 0.2) is 51.4 Å². The van der Waals surface area contributed by atoms with E-state index in [9.17, 15) is 9.59 Å². The number of benzene rings is 2. The monoisotopic (exact) mass is 411 g/mol. The summed E-state index contributed by atoms with van der Waals surface area (Å²) in [5, 5.41) is 11.6. The van der Waals surface area contributed by atoms with Crippen LogP contribution in [0.5, 0.6) is 0 Å². The topological polar surface area (TPSA) is 66.4 Å². The summed E-state index contributed by atoms with van der Waals surface area (Å²) in [4.78, 5) is 23.2. The lowest BCUT2D eigenvalue weighted by atomic mass is 10.1. The van der Waals surface area contributed by atoms with E-state index >= 15 is 0 Å². The van der Waals surface area contributed by atoms with Crippen LogP contribution in [0, 0.1) is 0 Å². The molecule has 0 aliphatic rings. The maximum atomic E-state index is 12.3. The quantitative estimate of drug-likeness (QED) is 0.794. The van der Waals surface area contributed by atoms with E-state index in [0.717, 1.165) is 4.47 Å². The lowest BCUT2D eigenvalue weighted by Gasteiger charge is -2.11.